The lowest BCUT2D eigenvalue weighted by Crippen LogP contribution is -2.60. The second-order valence-electron chi connectivity index (χ2n) is 22.7. The number of likely N-dealkylation sites (tertiary alicyclic amines) is 1. The Bertz CT molecular complexity index is 2280. The molecule has 0 radical (unpaired) electrons. The summed E-state index contributed by atoms with van der Waals surface area (Å²) in [7, 11) is 6.56. The number of amides is 9. The van der Waals surface area contributed by atoms with Crippen LogP contribution in [-0.2, 0) is 57.5 Å². The lowest BCUT2D eigenvalue weighted by Gasteiger charge is -2.41. The molecule has 10 atom stereocenters. The van der Waals surface area contributed by atoms with Gasteiger partial charge in [-0.15, -0.1) is 0 Å². The fraction of sp³-hybridized carbons (Fsp3) is 0.707. The molecule has 440 valence electrons. The number of unbranched alkanes of at least 4 members (excludes halogenated alkanes) is 2. The molecule has 2 saturated heterocycles. The van der Waals surface area contributed by atoms with Gasteiger partial charge in [-0.25, -0.2) is 5.06 Å². The molecule has 21 heteroatoms. The average molecular weight is 1110 g/mol. The van der Waals surface area contributed by atoms with Gasteiger partial charge in [0, 0.05) is 71.8 Å². The molecule has 5 rings (SSSR count). The predicted molar refractivity (Wildman–Crippen MR) is 296 cm³/mol. The van der Waals surface area contributed by atoms with Gasteiger partial charge in [-0.2, -0.15) is 0 Å². The highest BCUT2D eigenvalue weighted by Gasteiger charge is 2.64. The van der Waals surface area contributed by atoms with E-state index in [4.69, 9.17) is 14.3 Å². The number of imide groups is 1. The molecule has 1 aromatic carbocycles. The maximum absolute atomic E-state index is 14.7. The Morgan fingerprint density at radius 3 is 2.04 bits per heavy atom. The first-order chi connectivity index (χ1) is 37.6. The number of hydroxylamine groups is 2. The summed E-state index contributed by atoms with van der Waals surface area (Å²) < 4.78 is 12.2. The van der Waals surface area contributed by atoms with Crippen LogP contribution in [0.3, 0.4) is 0 Å². The van der Waals surface area contributed by atoms with Crippen molar-refractivity contribution in [2.45, 2.75) is 180 Å². The average Bonchev–Trinajstić information content (AvgIpc) is 4.01. The topological polar surface area (TPSA) is 246 Å². The van der Waals surface area contributed by atoms with Crippen molar-refractivity contribution in [2.75, 3.05) is 61.1 Å². The lowest BCUT2D eigenvalue weighted by atomic mass is 9.89. The predicted octanol–water partition coefficient (Wildman–Crippen LogP) is 4.01. The van der Waals surface area contributed by atoms with Crippen LogP contribution < -0.4 is 21.5 Å². The first kappa shape index (κ1) is 64.1. The molecular formula is C58H91N9O12. The van der Waals surface area contributed by atoms with Crippen LogP contribution in [0.1, 0.15) is 143 Å². The van der Waals surface area contributed by atoms with Crippen LogP contribution in [-0.4, -0.2) is 181 Å². The summed E-state index contributed by atoms with van der Waals surface area (Å²) in [5.74, 6) is -4.49. The number of hydrogen-bond donors (Lipinski definition) is 4. The van der Waals surface area contributed by atoms with Gasteiger partial charge >= 0.3 is 0 Å². The van der Waals surface area contributed by atoms with Crippen molar-refractivity contribution < 1.29 is 57.5 Å². The van der Waals surface area contributed by atoms with Crippen molar-refractivity contribution in [3.8, 4) is 0 Å². The molecule has 3 aliphatic heterocycles. The minimum Gasteiger partial charge on any atom is -0.379 e. The number of rotatable bonds is 30. The van der Waals surface area contributed by atoms with Crippen molar-refractivity contribution in [3.63, 3.8) is 0 Å². The number of nitrogens with zero attached hydrogens (tertiary/aromatic N) is 5. The summed E-state index contributed by atoms with van der Waals surface area (Å²) in [5, 5.41) is 7.61. The largest absolute Gasteiger partial charge is 0.379 e. The molecule has 7 unspecified atom stereocenters. The van der Waals surface area contributed by atoms with Gasteiger partial charge in [0.1, 0.15) is 11.6 Å². The van der Waals surface area contributed by atoms with Crippen molar-refractivity contribution in [2.24, 2.45) is 23.7 Å². The molecule has 0 aromatic heterocycles. The van der Waals surface area contributed by atoms with E-state index in [0.717, 1.165) is 23.3 Å². The Kier molecular flexibility index (Phi) is 24.5. The van der Waals surface area contributed by atoms with Gasteiger partial charge in [0.25, 0.3) is 17.7 Å². The number of hydrogen-bond acceptors (Lipinski definition) is 13. The first-order valence-electron chi connectivity index (χ1n) is 28.7. The van der Waals surface area contributed by atoms with E-state index >= 15 is 0 Å². The van der Waals surface area contributed by atoms with E-state index in [1.807, 2.05) is 76.8 Å². The van der Waals surface area contributed by atoms with Crippen LogP contribution in [0.5, 0.6) is 0 Å². The van der Waals surface area contributed by atoms with Gasteiger partial charge in [-0.1, -0.05) is 91.6 Å². The quantitative estimate of drug-likeness (QED) is 0.0484. The van der Waals surface area contributed by atoms with Gasteiger partial charge in [0.2, 0.25) is 35.4 Å². The zero-order valence-electron chi connectivity index (χ0n) is 48.8. The van der Waals surface area contributed by atoms with Crippen LogP contribution >= 0.6 is 0 Å². The van der Waals surface area contributed by atoms with Crippen LogP contribution in [0, 0.1) is 23.7 Å². The smallest absolute Gasteiger partial charge is 0.272 e. The van der Waals surface area contributed by atoms with E-state index in [9.17, 15) is 43.2 Å². The molecule has 21 nitrogen and oxygen atoms in total. The summed E-state index contributed by atoms with van der Waals surface area (Å²) in [6.45, 7) is 15.3. The first-order valence-corrected chi connectivity index (χ1v) is 28.7. The second kappa shape index (κ2) is 30.2. The van der Waals surface area contributed by atoms with Crippen LogP contribution in [0.25, 0.3) is 0 Å². The highest BCUT2D eigenvalue weighted by atomic mass is 16.7. The third-order valence-corrected chi connectivity index (χ3v) is 16.4. The number of hydrazine groups is 1. The van der Waals surface area contributed by atoms with Crippen molar-refractivity contribution in [1.82, 2.24) is 46.1 Å². The summed E-state index contributed by atoms with van der Waals surface area (Å²) in [4.78, 5) is 133. The molecule has 1 aromatic rings. The van der Waals surface area contributed by atoms with Gasteiger partial charge in [0.15, 0.2) is 0 Å². The minimum atomic E-state index is -1.17. The number of benzene rings is 1. The number of carbonyl (C=O) groups excluding carboxylic acids is 9. The lowest BCUT2D eigenvalue weighted by molar-refractivity contribution is -0.200. The summed E-state index contributed by atoms with van der Waals surface area (Å²) >= 11 is 0. The van der Waals surface area contributed by atoms with Gasteiger partial charge in [-0.3, -0.25) is 68.6 Å². The highest BCUT2D eigenvalue weighted by molar-refractivity contribution is 6.12. The fourth-order valence-corrected chi connectivity index (χ4v) is 11.7. The number of likely N-dealkylation sites (N-methyl/N-ethyl adjacent to an activating group) is 2. The number of ether oxygens (including phenoxy) is 2. The highest BCUT2D eigenvalue weighted by Crippen LogP contribution is 2.53. The Labute approximate surface area is 467 Å². The molecule has 9 amide bonds. The van der Waals surface area contributed by atoms with Crippen molar-refractivity contribution in [1.29, 1.82) is 0 Å². The number of carbonyl (C=O) groups is 9. The molecule has 1 saturated carbocycles. The maximum atomic E-state index is 14.7. The molecule has 3 fully saturated rings. The summed E-state index contributed by atoms with van der Waals surface area (Å²) in [6, 6.07) is 7.10. The Hall–Kier alpha value is -5.77. The van der Waals surface area contributed by atoms with Crippen LogP contribution in [0.4, 0.5) is 0 Å². The monoisotopic (exact) mass is 1110 g/mol. The SMILES string of the molecule is CCC(C)C(C(CC(=O)N1CCC[C@H]1C(OC)C(C)C(=O)N[C@@]1(C(=O)N2CCCCO2)C[C@@H]1c1ccccc1)OC)N(C)C(=O)C(NC(=O)C(C(C)C)N(C)CCCC(=O)NNC(=O)CCCCCN1C(=O)C=CC1=O)C(C)C. The Balaban J connectivity index is 1.16. The van der Waals surface area contributed by atoms with Crippen LogP contribution in [0.2, 0.25) is 0 Å². The summed E-state index contributed by atoms with van der Waals surface area (Å²) in [5.41, 5.74) is 4.65. The third-order valence-electron chi connectivity index (χ3n) is 16.4. The van der Waals surface area contributed by atoms with E-state index in [2.05, 4.69) is 21.5 Å². The zero-order chi connectivity index (χ0) is 58.1. The minimum absolute atomic E-state index is 0.0563. The second-order valence-corrected chi connectivity index (χ2v) is 22.7. The van der Waals surface area contributed by atoms with E-state index in [1.54, 1.807) is 30.8 Å². The third kappa shape index (κ3) is 16.7. The van der Waals surface area contributed by atoms with E-state index < -0.39 is 53.7 Å². The van der Waals surface area contributed by atoms with Crippen molar-refractivity contribution >= 4 is 53.2 Å². The molecule has 4 aliphatic rings. The van der Waals surface area contributed by atoms with Crippen LogP contribution in [0.15, 0.2) is 42.5 Å². The van der Waals surface area contributed by atoms with E-state index in [1.165, 1.54) is 31.4 Å². The number of methoxy groups -OCH3 is 2. The molecule has 0 spiro atoms. The van der Waals surface area contributed by atoms with Crippen molar-refractivity contribution in [3.05, 3.63) is 48.0 Å². The summed E-state index contributed by atoms with van der Waals surface area (Å²) in [6.07, 6.45) is 7.36. The number of nitrogens with one attached hydrogen (secondary N) is 4. The van der Waals surface area contributed by atoms with E-state index in [0.29, 0.717) is 77.6 Å². The van der Waals surface area contributed by atoms with E-state index in [-0.39, 0.29) is 96.7 Å². The molecule has 3 heterocycles. The molecular weight excluding hydrogens is 1010 g/mol. The molecule has 0 bridgehead atoms. The van der Waals surface area contributed by atoms with Gasteiger partial charge in [0.05, 0.1) is 49.3 Å². The van der Waals surface area contributed by atoms with Gasteiger partial charge in [-0.05, 0) is 88.3 Å². The molecule has 4 N–H and O–H groups in total. The molecule has 79 heavy (non-hydrogen) atoms. The maximum Gasteiger partial charge on any atom is 0.272 e. The van der Waals surface area contributed by atoms with Gasteiger partial charge < -0.3 is 29.9 Å². The Morgan fingerprint density at radius 1 is 0.797 bits per heavy atom. The standard InChI is InChI=1S/C58H91N9O12/c1-12-39(6)52(64(9)56(75)50(37(2)3)59-55(74)51(38(4)5)63(8)30-22-27-46(69)62-61-45(68)26-17-14-18-31-66-47(70)28-29-48(66)71)44(77-10)35-49(72)65-32-21-25-43(65)53(78-11)40(7)54(73)60-58(57(76)67-33-19-20-34-79-67)36-42(58)41-23-15-13-16-24-41/h13,15-16,23-24,28-29,37-40,42-44,50-53H,12,14,17-22,25-27,30-36H2,1-11H3,(H,59,74)(H,60,73)(H,61,68)(H,62,69)/t39?,40?,42-,43+,44?,50?,51?,52?,53?,58+/m1/s1. The fourth-order valence-electron chi connectivity index (χ4n) is 11.7. The normalized spacial score (nSPS) is 21.8. The Morgan fingerprint density at radius 2 is 1.46 bits per heavy atom. The zero-order valence-corrected chi connectivity index (χ0v) is 48.8. The molecule has 1 aliphatic carbocycles.